The predicted octanol–water partition coefficient (Wildman–Crippen LogP) is 3.10. The van der Waals surface area contributed by atoms with Crippen LogP contribution in [0.2, 0.25) is 0 Å². The van der Waals surface area contributed by atoms with Gasteiger partial charge in [-0.25, -0.2) is 0 Å². The lowest BCUT2D eigenvalue weighted by Gasteiger charge is -2.35. The third-order valence-corrected chi connectivity index (χ3v) is 5.94. The molecule has 2 aliphatic heterocycles. The molecule has 0 N–H and O–H groups in total. The summed E-state index contributed by atoms with van der Waals surface area (Å²) < 4.78 is 22.1. The molecule has 162 valence electrons. The number of benzene rings is 2. The minimum absolute atomic E-state index is 0.137. The maximum Gasteiger partial charge on any atom is 0.227 e. The highest BCUT2D eigenvalue weighted by molar-refractivity contribution is 5.88. The van der Waals surface area contributed by atoms with Crippen molar-refractivity contribution in [3.8, 4) is 17.2 Å². The number of ether oxygens (including phenoxy) is 3. The van der Waals surface area contributed by atoms with Crippen LogP contribution in [0.5, 0.6) is 17.2 Å². The molecule has 3 aromatic rings. The van der Waals surface area contributed by atoms with Crippen molar-refractivity contribution in [1.29, 1.82) is 0 Å². The lowest BCUT2D eigenvalue weighted by molar-refractivity contribution is -0.132. The van der Waals surface area contributed by atoms with Gasteiger partial charge in [0.15, 0.2) is 11.5 Å². The molecule has 2 aromatic carbocycles. The van der Waals surface area contributed by atoms with E-state index in [0.29, 0.717) is 19.6 Å². The molecule has 7 heteroatoms. The number of rotatable bonds is 5. The molecule has 0 aliphatic carbocycles. The van der Waals surface area contributed by atoms with Crippen molar-refractivity contribution in [2.24, 2.45) is 0 Å². The monoisotopic (exact) mass is 422 g/mol. The third-order valence-electron chi connectivity index (χ3n) is 5.94. The molecule has 1 saturated heterocycles. The Labute approximate surface area is 181 Å². The van der Waals surface area contributed by atoms with Gasteiger partial charge < -0.3 is 23.5 Å². The molecule has 0 atom stereocenters. The van der Waals surface area contributed by atoms with Gasteiger partial charge in [-0.2, -0.15) is 0 Å². The Hall–Kier alpha value is -3.19. The summed E-state index contributed by atoms with van der Waals surface area (Å²) in [4.78, 5) is 17.2. The first-order chi connectivity index (χ1) is 15.2. The summed E-state index contributed by atoms with van der Waals surface area (Å²) in [6.07, 6.45) is 2.03. The summed E-state index contributed by atoms with van der Waals surface area (Å²) in [5.41, 5.74) is 2.86. The number of nitrogens with zero attached hydrogens (tertiary/aromatic N) is 2. The van der Waals surface area contributed by atoms with Crippen LogP contribution in [-0.2, 0) is 17.8 Å². The second kappa shape index (κ2) is 8.51. The minimum atomic E-state index is 0.137. The van der Waals surface area contributed by atoms with Crippen LogP contribution < -0.4 is 14.2 Å². The van der Waals surface area contributed by atoms with Crippen LogP contribution in [0.4, 0.5) is 0 Å². The van der Waals surface area contributed by atoms with Gasteiger partial charge in [0.2, 0.25) is 5.91 Å². The van der Waals surface area contributed by atoms with Gasteiger partial charge in [0.05, 0.1) is 19.8 Å². The van der Waals surface area contributed by atoms with E-state index >= 15 is 0 Å². The van der Waals surface area contributed by atoms with E-state index in [1.54, 1.807) is 13.4 Å². The topological polar surface area (TPSA) is 64.4 Å². The van der Waals surface area contributed by atoms with E-state index in [9.17, 15) is 4.79 Å². The third kappa shape index (κ3) is 4.18. The zero-order valence-electron chi connectivity index (χ0n) is 17.6. The molecule has 5 rings (SSSR count). The van der Waals surface area contributed by atoms with Crippen molar-refractivity contribution >= 4 is 16.9 Å². The van der Waals surface area contributed by atoms with Crippen molar-refractivity contribution in [2.75, 3.05) is 46.5 Å². The molecule has 7 nitrogen and oxygen atoms in total. The first-order valence-electron chi connectivity index (χ1n) is 10.6. The number of hydrogen-bond donors (Lipinski definition) is 0. The van der Waals surface area contributed by atoms with Crippen molar-refractivity contribution < 1.29 is 23.4 Å². The quantitative estimate of drug-likeness (QED) is 0.630. The van der Waals surface area contributed by atoms with E-state index in [0.717, 1.165) is 66.5 Å². The zero-order valence-corrected chi connectivity index (χ0v) is 17.6. The van der Waals surface area contributed by atoms with E-state index in [2.05, 4.69) is 17.0 Å². The van der Waals surface area contributed by atoms with Crippen molar-refractivity contribution in [1.82, 2.24) is 9.80 Å². The molecule has 31 heavy (non-hydrogen) atoms. The number of amides is 1. The molecular weight excluding hydrogens is 396 g/mol. The molecule has 1 amide bonds. The Bertz CT molecular complexity index is 1080. The Morgan fingerprint density at radius 2 is 1.81 bits per heavy atom. The summed E-state index contributed by atoms with van der Waals surface area (Å²) in [6, 6.07) is 11.8. The Kier molecular flexibility index (Phi) is 5.42. The van der Waals surface area contributed by atoms with Crippen LogP contribution in [0.3, 0.4) is 0 Å². The second-order valence-corrected chi connectivity index (χ2v) is 7.93. The molecule has 1 fully saturated rings. The summed E-state index contributed by atoms with van der Waals surface area (Å²) in [6.45, 7) is 5.20. The number of carbonyl (C=O) groups is 1. The highest BCUT2D eigenvalue weighted by atomic mass is 16.6. The van der Waals surface area contributed by atoms with E-state index < -0.39 is 0 Å². The zero-order chi connectivity index (χ0) is 21.2. The minimum Gasteiger partial charge on any atom is -0.497 e. The van der Waals surface area contributed by atoms with Gasteiger partial charge in [0.1, 0.15) is 24.5 Å². The van der Waals surface area contributed by atoms with Crippen LogP contribution in [-0.4, -0.2) is 62.2 Å². The van der Waals surface area contributed by atoms with Gasteiger partial charge in [-0.15, -0.1) is 0 Å². The van der Waals surface area contributed by atoms with Crippen LogP contribution in [0.15, 0.2) is 47.1 Å². The van der Waals surface area contributed by atoms with E-state index in [4.69, 9.17) is 18.6 Å². The maximum absolute atomic E-state index is 12.9. The number of hydrogen-bond acceptors (Lipinski definition) is 6. The summed E-state index contributed by atoms with van der Waals surface area (Å²) >= 11 is 0. The fourth-order valence-corrected chi connectivity index (χ4v) is 4.20. The van der Waals surface area contributed by atoms with Gasteiger partial charge in [-0.3, -0.25) is 9.69 Å². The number of piperazine rings is 1. The average molecular weight is 422 g/mol. The number of furan rings is 1. The van der Waals surface area contributed by atoms with Gasteiger partial charge in [-0.1, -0.05) is 6.07 Å². The molecule has 1 aromatic heterocycles. The molecule has 3 heterocycles. The second-order valence-electron chi connectivity index (χ2n) is 7.93. The summed E-state index contributed by atoms with van der Waals surface area (Å²) in [5.74, 6) is 2.52. The van der Waals surface area contributed by atoms with Gasteiger partial charge in [0.25, 0.3) is 0 Å². The van der Waals surface area contributed by atoms with Crippen LogP contribution in [0.1, 0.15) is 11.1 Å². The molecule has 0 spiro atoms. The first-order valence-corrected chi connectivity index (χ1v) is 10.6. The molecule has 0 saturated carbocycles. The number of carbonyl (C=O) groups excluding carboxylic acids is 1. The van der Waals surface area contributed by atoms with Gasteiger partial charge >= 0.3 is 0 Å². The van der Waals surface area contributed by atoms with Crippen LogP contribution in [0.25, 0.3) is 11.0 Å². The molecule has 0 unspecified atom stereocenters. The van der Waals surface area contributed by atoms with Gasteiger partial charge in [0, 0.05) is 49.7 Å². The van der Waals surface area contributed by atoms with Crippen molar-refractivity contribution in [3.05, 3.63) is 53.8 Å². The summed E-state index contributed by atoms with van der Waals surface area (Å²) in [7, 11) is 1.63. The van der Waals surface area contributed by atoms with E-state index in [-0.39, 0.29) is 5.91 Å². The van der Waals surface area contributed by atoms with E-state index in [1.807, 2.05) is 29.2 Å². The van der Waals surface area contributed by atoms with Crippen LogP contribution >= 0.6 is 0 Å². The lowest BCUT2D eigenvalue weighted by atomic mass is 10.1. The smallest absolute Gasteiger partial charge is 0.227 e. The average Bonchev–Trinajstić information content (AvgIpc) is 3.21. The lowest BCUT2D eigenvalue weighted by Crippen LogP contribution is -2.48. The van der Waals surface area contributed by atoms with Crippen molar-refractivity contribution in [3.63, 3.8) is 0 Å². The summed E-state index contributed by atoms with van der Waals surface area (Å²) in [5, 5.41) is 0.964. The molecular formula is C24H26N2O5. The van der Waals surface area contributed by atoms with E-state index in [1.165, 1.54) is 5.56 Å². The fourth-order valence-electron chi connectivity index (χ4n) is 4.20. The molecule has 0 radical (unpaired) electrons. The Morgan fingerprint density at radius 1 is 1.00 bits per heavy atom. The SMILES string of the molecule is COc1ccc2c(CC(=O)N3CCN(Cc4ccc5c(c4)OCCO5)CC3)coc2c1. The molecule has 0 bridgehead atoms. The molecule has 2 aliphatic rings. The Balaban J connectivity index is 1.16. The predicted molar refractivity (Wildman–Crippen MR) is 116 cm³/mol. The van der Waals surface area contributed by atoms with Crippen molar-refractivity contribution in [2.45, 2.75) is 13.0 Å². The standard InChI is InChI=1S/C24H26N2O5/c1-28-19-3-4-20-18(16-31-22(20)14-19)13-24(27)26-8-6-25(7-9-26)15-17-2-5-21-23(12-17)30-11-10-29-21/h2-5,12,14,16H,6-11,13,15H2,1H3. The number of fused-ring (bicyclic) bond motifs is 2. The normalized spacial score (nSPS) is 16.5. The highest BCUT2D eigenvalue weighted by Crippen LogP contribution is 2.31. The Morgan fingerprint density at radius 3 is 2.61 bits per heavy atom. The number of methoxy groups -OCH3 is 1. The largest absolute Gasteiger partial charge is 0.497 e. The fraction of sp³-hybridized carbons (Fsp3) is 0.375. The van der Waals surface area contributed by atoms with Crippen LogP contribution in [0, 0.1) is 0 Å². The first kappa shape index (κ1) is 19.8. The van der Waals surface area contributed by atoms with Gasteiger partial charge in [-0.05, 0) is 29.8 Å². The maximum atomic E-state index is 12.9. The highest BCUT2D eigenvalue weighted by Gasteiger charge is 2.23.